The molecule has 0 amide bonds. The van der Waals surface area contributed by atoms with Crippen LogP contribution in [0.3, 0.4) is 0 Å². The number of hydrazine groups is 1. The monoisotopic (exact) mass is 395 g/mol. The largest absolute Gasteiger partial charge is 0.337 e. The van der Waals surface area contributed by atoms with Crippen molar-refractivity contribution in [3.63, 3.8) is 0 Å². The lowest BCUT2D eigenvalue weighted by atomic mass is 10.1. The van der Waals surface area contributed by atoms with E-state index in [4.69, 9.17) is 0 Å². The Morgan fingerprint density at radius 1 is 1.12 bits per heavy atom. The lowest BCUT2D eigenvalue weighted by molar-refractivity contribution is -0.0215. The summed E-state index contributed by atoms with van der Waals surface area (Å²) in [4.78, 5) is 20.0. The van der Waals surface area contributed by atoms with Gasteiger partial charge in [0.25, 0.3) is 8.53 Å². The molecule has 0 fully saturated rings. The number of hydrogen-bond acceptors (Lipinski definition) is 5. The fraction of sp³-hybridized carbons (Fsp3) is 0.632. The molecule has 0 heterocycles. The number of nitriles is 1. The third-order valence-corrected chi connectivity index (χ3v) is 8.20. The Morgan fingerprint density at radius 2 is 1.69 bits per heavy atom. The highest BCUT2D eigenvalue weighted by atomic mass is 31.2. The van der Waals surface area contributed by atoms with Crippen LogP contribution < -0.4 is 5.19 Å². The topological polar surface area (TPSA) is 70.7 Å². The predicted octanol–water partition coefficient (Wildman–Crippen LogP) is 2.59. The molecule has 5 nitrogen and oxygen atoms in total. The first-order valence-corrected chi connectivity index (χ1v) is 12.0. The molecule has 2 unspecified atom stereocenters. The Kier molecular flexibility index (Phi) is 9.39. The normalized spacial score (nSPS) is 15.0. The van der Waals surface area contributed by atoms with Crippen molar-refractivity contribution < 1.29 is 9.79 Å². The van der Waals surface area contributed by atoms with Gasteiger partial charge in [0.05, 0.1) is 21.5 Å². The maximum atomic E-state index is 9.98. The minimum Gasteiger partial charge on any atom is -0.337 e. The van der Waals surface area contributed by atoms with E-state index in [-0.39, 0.29) is 23.5 Å². The maximum Gasteiger partial charge on any atom is 0.268 e. The molecule has 2 atom stereocenters. The second-order valence-electron chi connectivity index (χ2n) is 7.67. The second kappa shape index (κ2) is 10.5. The number of benzene rings is 1. The van der Waals surface area contributed by atoms with E-state index in [9.17, 15) is 15.0 Å². The molecule has 0 aliphatic carbocycles. The molecule has 2 N–H and O–H groups in total. The number of hydrogen-bond donors (Lipinski definition) is 2. The van der Waals surface area contributed by atoms with E-state index in [1.54, 1.807) is 4.78 Å². The molecule has 1 aromatic rings. The maximum absolute atomic E-state index is 9.98. The fourth-order valence-electron chi connectivity index (χ4n) is 3.44. The van der Waals surface area contributed by atoms with E-state index in [1.165, 1.54) is 16.3 Å². The molecule has 26 heavy (non-hydrogen) atoms. The van der Waals surface area contributed by atoms with Crippen LogP contribution in [0.25, 0.3) is 0 Å². The van der Waals surface area contributed by atoms with Gasteiger partial charge in [0.2, 0.25) is 0 Å². The van der Waals surface area contributed by atoms with Gasteiger partial charge in [-0.15, -0.1) is 0 Å². The molecule has 146 valence electrons. The molecule has 1 aromatic carbocycles. The number of nitrogens with zero attached hydrogens (tertiary/aromatic N) is 3. The van der Waals surface area contributed by atoms with Crippen molar-refractivity contribution in [1.29, 1.82) is 5.26 Å². The van der Waals surface area contributed by atoms with Gasteiger partial charge in [-0.2, -0.15) is 10.0 Å². The van der Waals surface area contributed by atoms with Gasteiger partial charge in [-0.3, -0.25) is 0 Å². The highest BCUT2D eigenvalue weighted by Crippen LogP contribution is 2.36. The van der Waals surface area contributed by atoms with Crippen molar-refractivity contribution in [3.05, 3.63) is 29.3 Å². The Hall–Kier alpha value is -0.803. The lowest BCUT2D eigenvalue weighted by Crippen LogP contribution is -2.49. The molecule has 0 spiro atoms. The molecule has 0 aliphatic rings. The van der Waals surface area contributed by atoms with Gasteiger partial charge < -0.3 is 9.79 Å². The Bertz CT molecular complexity index is 611. The summed E-state index contributed by atoms with van der Waals surface area (Å²) in [6, 6.07) is 9.07. The van der Waals surface area contributed by atoms with Crippen molar-refractivity contribution in [3.8, 4) is 6.07 Å². The van der Waals surface area contributed by atoms with Gasteiger partial charge in [0.15, 0.2) is 0 Å². The summed E-state index contributed by atoms with van der Waals surface area (Å²) >= 11 is 0. The zero-order valence-electron chi connectivity index (χ0n) is 17.1. The van der Waals surface area contributed by atoms with Gasteiger partial charge >= 0.3 is 0 Å². The standard InChI is InChI=1S/C19H34N3O2PSi/c1-13(2)22(14(3)4)21(25(23)24)12-18(11-20)17(7)26-19-10-8-9-15(5)16(19)6/h8-10,13-14,17-18,23-24H,12,26H2,1-7H3. The third-order valence-electron chi connectivity index (χ3n) is 5.00. The van der Waals surface area contributed by atoms with Gasteiger partial charge in [0.1, 0.15) is 0 Å². The summed E-state index contributed by atoms with van der Waals surface area (Å²) < 4.78 is 1.60. The van der Waals surface area contributed by atoms with Gasteiger partial charge in [0, 0.05) is 18.6 Å². The minimum atomic E-state index is -2.28. The summed E-state index contributed by atoms with van der Waals surface area (Å²) in [6.07, 6.45) is 0. The van der Waals surface area contributed by atoms with Crippen molar-refractivity contribution in [1.82, 2.24) is 9.79 Å². The number of rotatable bonds is 9. The van der Waals surface area contributed by atoms with Gasteiger partial charge in [-0.1, -0.05) is 30.3 Å². The molecule has 0 saturated heterocycles. The van der Waals surface area contributed by atoms with Crippen molar-refractivity contribution in [2.24, 2.45) is 5.92 Å². The summed E-state index contributed by atoms with van der Waals surface area (Å²) in [5.74, 6) is -0.231. The Morgan fingerprint density at radius 3 is 2.15 bits per heavy atom. The Labute approximate surface area is 162 Å². The number of aryl methyl sites for hydroxylation is 1. The first-order chi connectivity index (χ1) is 12.1. The zero-order valence-corrected chi connectivity index (χ0v) is 19.4. The Balaban J connectivity index is 2.98. The van der Waals surface area contributed by atoms with Crippen LogP contribution in [0, 0.1) is 31.1 Å². The van der Waals surface area contributed by atoms with Crippen molar-refractivity contribution in [2.75, 3.05) is 6.54 Å². The lowest BCUT2D eigenvalue weighted by Gasteiger charge is -2.41. The predicted molar refractivity (Wildman–Crippen MR) is 113 cm³/mol. The van der Waals surface area contributed by atoms with Crippen LogP contribution in [0.15, 0.2) is 18.2 Å². The smallest absolute Gasteiger partial charge is 0.268 e. The average molecular weight is 396 g/mol. The van der Waals surface area contributed by atoms with E-state index < -0.39 is 18.0 Å². The quantitative estimate of drug-likeness (QED) is 0.382. The van der Waals surface area contributed by atoms with Crippen molar-refractivity contribution in [2.45, 2.75) is 66.1 Å². The summed E-state index contributed by atoms with van der Waals surface area (Å²) in [7, 11) is -2.93. The second-order valence-corrected chi connectivity index (χ2v) is 11.1. The summed E-state index contributed by atoms with van der Waals surface area (Å²) in [6.45, 7) is 14.9. The molecule has 1 rings (SSSR count). The average Bonchev–Trinajstić information content (AvgIpc) is 2.54. The molecule has 0 radical (unpaired) electrons. The highest BCUT2D eigenvalue weighted by Gasteiger charge is 2.31. The van der Waals surface area contributed by atoms with E-state index in [0.29, 0.717) is 6.54 Å². The first-order valence-electron chi connectivity index (χ1n) is 9.28. The first kappa shape index (κ1) is 23.2. The van der Waals surface area contributed by atoms with Gasteiger partial charge in [-0.25, -0.2) is 5.01 Å². The molecule has 0 saturated carbocycles. The molecule has 0 bridgehead atoms. The highest BCUT2D eigenvalue weighted by molar-refractivity contribution is 7.42. The molecule has 7 heteroatoms. The van der Waals surface area contributed by atoms with Crippen LogP contribution >= 0.6 is 8.53 Å². The SMILES string of the molecule is Cc1cccc([SiH2]C(C)C(C#N)CN(N(C(C)C)C(C)C)P(O)O)c1C. The summed E-state index contributed by atoms with van der Waals surface area (Å²) in [5.41, 5.74) is 2.87. The molecule has 0 aromatic heterocycles. The molecular formula is C19H34N3O2PSi. The minimum absolute atomic E-state index is 0.130. The molecule has 0 aliphatic heterocycles. The van der Waals surface area contributed by atoms with Crippen molar-refractivity contribution >= 4 is 23.2 Å². The fourth-order valence-corrected chi connectivity index (χ4v) is 6.45. The third kappa shape index (κ3) is 6.13. The van der Waals surface area contributed by atoms with Crippen LogP contribution in [0.1, 0.15) is 45.7 Å². The summed E-state index contributed by atoms with van der Waals surface area (Å²) in [5, 5.41) is 13.1. The van der Waals surface area contributed by atoms with Crippen LogP contribution in [0.2, 0.25) is 5.54 Å². The molecular weight excluding hydrogens is 361 g/mol. The van der Waals surface area contributed by atoms with E-state index in [2.05, 4.69) is 45.0 Å². The van der Waals surface area contributed by atoms with E-state index in [0.717, 1.165) is 0 Å². The van der Waals surface area contributed by atoms with E-state index >= 15 is 0 Å². The van der Waals surface area contributed by atoms with Crippen LogP contribution in [0.4, 0.5) is 0 Å². The van der Waals surface area contributed by atoms with E-state index in [1.807, 2.05) is 32.7 Å². The van der Waals surface area contributed by atoms with Crippen LogP contribution in [-0.4, -0.2) is 47.7 Å². The van der Waals surface area contributed by atoms with Crippen LogP contribution in [0.5, 0.6) is 0 Å². The van der Waals surface area contributed by atoms with Crippen LogP contribution in [-0.2, 0) is 0 Å². The van der Waals surface area contributed by atoms with Gasteiger partial charge in [-0.05, 0) is 58.2 Å². The zero-order chi connectivity index (χ0) is 20.0.